The molecule has 1 atom stereocenters. The van der Waals surface area contributed by atoms with E-state index in [9.17, 15) is 0 Å². The molecule has 1 unspecified atom stereocenters. The van der Waals surface area contributed by atoms with E-state index in [4.69, 9.17) is 5.73 Å². The van der Waals surface area contributed by atoms with Gasteiger partial charge < -0.3 is 5.73 Å². The summed E-state index contributed by atoms with van der Waals surface area (Å²) in [5, 5.41) is 0. The summed E-state index contributed by atoms with van der Waals surface area (Å²) in [6, 6.07) is 8.93. The van der Waals surface area contributed by atoms with Crippen molar-refractivity contribution in [3.63, 3.8) is 0 Å². The SMILES string of the molecule is CCCC(N)=NC1CCCc2ccccc21. The monoisotopic (exact) mass is 216 g/mol. The zero-order chi connectivity index (χ0) is 11.4. The molecule has 1 aliphatic carbocycles. The lowest BCUT2D eigenvalue weighted by molar-refractivity contribution is 0.570. The normalized spacial score (nSPS) is 20.6. The maximum absolute atomic E-state index is 5.92. The van der Waals surface area contributed by atoms with Crippen LogP contribution in [0.15, 0.2) is 29.3 Å². The van der Waals surface area contributed by atoms with Gasteiger partial charge in [-0.1, -0.05) is 31.2 Å². The third-order valence-electron chi connectivity index (χ3n) is 3.17. The summed E-state index contributed by atoms with van der Waals surface area (Å²) in [6.07, 6.45) is 5.55. The minimum absolute atomic E-state index is 0.302. The Morgan fingerprint density at radius 1 is 1.44 bits per heavy atom. The van der Waals surface area contributed by atoms with Crippen molar-refractivity contribution in [3.8, 4) is 0 Å². The zero-order valence-electron chi connectivity index (χ0n) is 9.95. The highest BCUT2D eigenvalue weighted by Crippen LogP contribution is 2.32. The summed E-state index contributed by atoms with van der Waals surface area (Å²) in [5.41, 5.74) is 8.76. The number of hydrogen-bond acceptors (Lipinski definition) is 1. The standard InChI is InChI=1S/C14H20N2/c1-2-6-14(15)16-13-10-5-8-11-7-3-4-9-12(11)13/h3-4,7,9,13H,2,5-6,8,10H2,1H3,(H2,15,16). The van der Waals surface area contributed by atoms with Crippen LogP contribution in [0.1, 0.15) is 49.8 Å². The molecule has 0 saturated heterocycles. The van der Waals surface area contributed by atoms with Crippen molar-refractivity contribution in [1.82, 2.24) is 0 Å². The van der Waals surface area contributed by atoms with Gasteiger partial charge in [-0.2, -0.15) is 0 Å². The van der Waals surface area contributed by atoms with Crippen LogP contribution in [0.25, 0.3) is 0 Å². The number of fused-ring (bicyclic) bond motifs is 1. The van der Waals surface area contributed by atoms with Crippen molar-refractivity contribution >= 4 is 5.84 Å². The third kappa shape index (κ3) is 2.43. The number of benzene rings is 1. The third-order valence-corrected chi connectivity index (χ3v) is 3.17. The molecule has 1 aromatic rings. The van der Waals surface area contributed by atoms with E-state index in [2.05, 4.69) is 36.2 Å². The smallest absolute Gasteiger partial charge is 0.0944 e. The molecule has 0 amide bonds. The maximum Gasteiger partial charge on any atom is 0.0944 e. The lowest BCUT2D eigenvalue weighted by atomic mass is 9.88. The van der Waals surface area contributed by atoms with E-state index in [1.54, 1.807) is 0 Å². The Hall–Kier alpha value is -1.31. The van der Waals surface area contributed by atoms with Gasteiger partial charge in [0.15, 0.2) is 0 Å². The van der Waals surface area contributed by atoms with Crippen LogP contribution in [0.4, 0.5) is 0 Å². The fourth-order valence-corrected chi connectivity index (χ4v) is 2.38. The van der Waals surface area contributed by atoms with E-state index in [0.29, 0.717) is 6.04 Å². The number of nitrogens with two attached hydrogens (primary N) is 1. The van der Waals surface area contributed by atoms with Gasteiger partial charge in [-0.05, 0) is 36.8 Å². The summed E-state index contributed by atoms with van der Waals surface area (Å²) in [6.45, 7) is 2.14. The first-order valence-electron chi connectivity index (χ1n) is 6.21. The van der Waals surface area contributed by atoms with Crippen molar-refractivity contribution in [3.05, 3.63) is 35.4 Å². The molecule has 0 radical (unpaired) electrons. The highest BCUT2D eigenvalue weighted by Gasteiger charge is 2.18. The van der Waals surface area contributed by atoms with Crippen LogP contribution in [0.3, 0.4) is 0 Å². The quantitative estimate of drug-likeness (QED) is 0.611. The van der Waals surface area contributed by atoms with Crippen LogP contribution < -0.4 is 5.73 Å². The second kappa shape index (κ2) is 5.15. The van der Waals surface area contributed by atoms with Crippen LogP contribution in [0.2, 0.25) is 0 Å². The molecule has 2 heteroatoms. The van der Waals surface area contributed by atoms with E-state index in [1.165, 1.54) is 24.0 Å². The molecule has 2 rings (SSSR count). The molecule has 2 N–H and O–H groups in total. The van der Waals surface area contributed by atoms with Crippen LogP contribution >= 0.6 is 0 Å². The Morgan fingerprint density at radius 2 is 2.25 bits per heavy atom. The lowest BCUT2D eigenvalue weighted by Gasteiger charge is -2.22. The molecule has 1 aliphatic rings. The second-order valence-electron chi connectivity index (χ2n) is 4.48. The molecule has 2 nitrogen and oxygen atoms in total. The second-order valence-corrected chi connectivity index (χ2v) is 4.48. The minimum Gasteiger partial charge on any atom is -0.387 e. The first kappa shape index (κ1) is 11.2. The molecular formula is C14H20N2. The van der Waals surface area contributed by atoms with Gasteiger partial charge in [0.2, 0.25) is 0 Å². The van der Waals surface area contributed by atoms with Crippen LogP contribution in [0, 0.1) is 0 Å². The topological polar surface area (TPSA) is 38.4 Å². The molecule has 1 aromatic carbocycles. The van der Waals surface area contributed by atoms with E-state index in [1.807, 2.05) is 0 Å². The summed E-state index contributed by atoms with van der Waals surface area (Å²) in [5.74, 6) is 0.809. The summed E-state index contributed by atoms with van der Waals surface area (Å²) >= 11 is 0. The molecular weight excluding hydrogens is 196 g/mol. The van der Waals surface area contributed by atoms with Gasteiger partial charge in [0, 0.05) is 6.42 Å². The highest BCUT2D eigenvalue weighted by molar-refractivity contribution is 5.80. The van der Waals surface area contributed by atoms with Crippen LogP contribution in [-0.2, 0) is 6.42 Å². The fraction of sp³-hybridized carbons (Fsp3) is 0.500. The number of hydrogen-bond donors (Lipinski definition) is 1. The van der Waals surface area contributed by atoms with Gasteiger partial charge in [-0.25, -0.2) is 0 Å². The Labute approximate surface area is 97.6 Å². The number of aryl methyl sites for hydroxylation is 1. The number of nitrogens with zero attached hydrogens (tertiary/aromatic N) is 1. The predicted octanol–water partition coefficient (Wildman–Crippen LogP) is 3.22. The van der Waals surface area contributed by atoms with E-state index in [0.717, 1.165) is 25.1 Å². The van der Waals surface area contributed by atoms with Crippen molar-refractivity contribution in [1.29, 1.82) is 0 Å². The first-order valence-corrected chi connectivity index (χ1v) is 6.21. The lowest BCUT2D eigenvalue weighted by Crippen LogP contribution is -2.15. The fourth-order valence-electron chi connectivity index (χ4n) is 2.38. The first-order chi connectivity index (χ1) is 7.81. The van der Waals surface area contributed by atoms with Gasteiger partial charge in [-0.15, -0.1) is 0 Å². The van der Waals surface area contributed by atoms with Crippen LogP contribution in [-0.4, -0.2) is 5.84 Å². The van der Waals surface area contributed by atoms with Crippen molar-refractivity contribution in [2.24, 2.45) is 10.7 Å². The van der Waals surface area contributed by atoms with Crippen molar-refractivity contribution in [2.75, 3.05) is 0 Å². The van der Waals surface area contributed by atoms with Crippen molar-refractivity contribution < 1.29 is 0 Å². The molecule has 16 heavy (non-hydrogen) atoms. The van der Waals surface area contributed by atoms with Gasteiger partial charge in [0.05, 0.1) is 11.9 Å². The number of rotatable bonds is 3. The van der Waals surface area contributed by atoms with Crippen molar-refractivity contribution in [2.45, 2.75) is 45.1 Å². The van der Waals surface area contributed by atoms with E-state index in [-0.39, 0.29) is 0 Å². The van der Waals surface area contributed by atoms with Gasteiger partial charge in [0.1, 0.15) is 0 Å². The Bertz CT molecular complexity index is 382. The van der Waals surface area contributed by atoms with Crippen LogP contribution in [0.5, 0.6) is 0 Å². The summed E-state index contributed by atoms with van der Waals surface area (Å²) in [4.78, 5) is 4.66. The Balaban J connectivity index is 2.22. The Kier molecular flexibility index (Phi) is 3.60. The Morgan fingerprint density at radius 3 is 3.06 bits per heavy atom. The zero-order valence-corrected chi connectivity index (χ0v) is 9.95. The number of aliphatic imine (C=N–C) groups is 1. The number of amidine groups is 1. The maximum atomic E-state index is 5.92. The van der Waals surface area contributed by atoms with E-state index >= 15 is 0 Å². The largest absolute Gasteiger partial charge is 0.387 e. The molecule has 0 bridgehead atoms. The average molecular weight is 216 g/mol. The summed E-state index contributed by atoms with van der Waals surface area (Å²) in [7, 11) is 0. The van der Waals surface area contributed by atoms with Gasteiger partial charge in [-0.3, -0.25) is 4.99 Å². The molecule has 86 valence electrons. The van der Waals surface area contributed by atoms with Gasteiger partial charge >= 0.3 is 0 Å². The van der Waals surface area contributed by atoms with Gasteiger partial charge in [0.25, 0.3) is 0 Å². The molecule has 0 aromatic heterocycles. The summed E-state index contributed by atoms with van der Waals surface area (Å²) < 4.78 is 0. The molecule has 0 heterocycles. The molecule has 0 fully saturated rings. The molecule has 0 spiro atoms. The van der Waals surface area contributed by atoms with E-state index < -0.39 is 0 Å². The predicted molar refractivity (Wildman–Crippen MR) is 68.7 cm³/mol. The highest BCUT2D eigenvalue weighted by atomic mass is 14.9. The average Bonchev–Trinajstić information content (AvgIpc) is 2.30. The molecule has 0 aliphatic heterocycles. The molecule has 0 saturated carbocycles. The minimum atomic E-state index is 0.302.